The SMILES string of the molecule is CC(C)c1cccc(-c2cccc3c2C=C([Si](C2=Cc4c(cccc4-c4cccc(C(C)C)c4)C2)(C2CCCC2)C2CCCC2)C3)c1. The zero-order valence-electron chi connectivity index (χ0n) is 29.1. The first-order valence-corrected chi connectivity index (χ1v) is 21.0. The molecule has 8 rings (SSSR count). The van der Waals surface area contributed by atoms with Gasteiger partial charge in [0.15, 0.2) is 0 Å². The minimum Gasteiger partial charge on any atom is -0.0704 e. The lowest BCUT2D eigenvalue weighted by molar-refractivity contribution is 0.749. The highest BCUT2D eigenvalue weighted by atomic mass is 28.3. The summed E-state index contributed by atoms with van der Waals surface area (Å²) in [6.45, 7) is 9.26. The van der Waals surface area contributed by atoms with E-state index in [1.807, 2.05) is 10.4 Å². The van der Waals surface area contributed by atoms with E-state index in [4.69, 9.17) is 0 Å². The topological polar surface area (TPSA) is 0 Å². The molecule has 4 aliphatic carbocycles. The van der Waals surface area contributed by atoms with Crippen molar-refractivity contribution in [3.8, 4) is 22.3 Å². The lowest BCUT2D eigenvalue weighted by atomic mass is 9.93. The highest BCUT2D eigenvalue weighted by molar-refractivity contribution is 6.96. The average Bonchev–Trinajstić information content (AvgIpc) is 3.93. The Kier molecular flexibility index (Phi) is 8.25. The minimum atomic E-state index is -2.04. The van der Waals surface area contributed by atoms with E-state index in [0.29, 0.717) is 11.8 Å². The van der Waals surface area contributed by atoms with Gasteiger partial charge in [0.25, 0.3) is 0 Å². The Morgan fingerprint density at radius 1 is 0.511 bits per heavy atom. The second kappa shape index (κ2) is 12.6. The maximum absolute atomic E-state index is 2.78. The molecule has 47 heavy (non-hydrogen) atoms. The summed E-state index contributed by atoms with van der Waals surface area (Å²) in [5.41, 5.74) is 16.5. The third-order valence-corrected chi connectivity index (χ3v) is 19.1. The predicted octanol–water partition coefficient (Wildman–Crippen LogP) is 13.3. The molecule has 4 aliphatic rings. The molecule has 0 N–H and O–H groups in total. The van der Waals surface area contributed by atoms with E-state index in [1.54, 1.807) is 11.1 Å². The molecular weight excluding hydrogens is 581 g/mol. The molecule has 0 amide bonds. The van der Waals surface area contributed by atoms with Crippen LogP contribution in [0.3, 0.4) is 0 Å². The number of rotatable bonds is 8. The molecule has 1 heteroatoms. The first kappa shape index (κ1) is 30.9. The number of hydrogen-bond donors (Lipinski definition) is 0. The van der Waals surface area contributed by atoms with Crippen LogP contribution < -0.4 is 0 Å². The Bertz CT molecular complexity index is 1720. The van der Waals surface area contributed by atoms with Gasteiger partial charge in [-0.2, -0.15) is 0 Å². The van der Waals surface area contributed by atoms with Gasteiger partial charge in [-0.3, -0.25) is 0 Å². The molecule has 0 spiro atoms. The summed E-state index contributed by atoms with van der Waals surface area (Å²) in [6, 6.07) is 33.1. The second-order valence-electron chi connectivity index (χ2n) is 15.8. The van der Waals surface area contributed by atoms with Gasteiger partial charge in [-0.25, -0.2) is 0 Å². The maximum Gasteiger partial charge on any atom is 0.115 e. The zero-order chi connectivity index (χ0) is 32.1. The van der Waals surface area contributed by atoms with Crippen LogP contribution in [0.25, 0.3) is 34.4 Å². The molecule has 0 nitrogen and oxygen atoms in total. The number of benzene rings is 4. The molecule has 4 aromatic carbocycles. The van der Waals surface area contributed by atoms with E-state index in [2.05, 4.69) is 125 Å². The zero-order valence-corrected chi connectivity index (χ0v) is 30.1. The third kappa shape index (κ3) is 5.34. The fraction of sp³-hybridized carbons (Fsp3) is 0.391. The molecule has 0 radical (unpaired) electrons. The van der Waals surface area contributed by atoms with Crippen molar-refractivity contribution in [1.29, 1.82) is 0 Å². The summed E-state index contributed by atoms with van der Waals surface area (Å²) in [5.74, 6) is 1.08. The third-order valence-electron chi connectivity index (χ3n) is 12.6. The highest BCUT2D eigenvalue weighted by Gasteiger charge is 2.55. The average molecular weight is 633 g/mol. The molecule has 0 atom stereocenters. The summed E-state index contributed by atoms with van der Waals surface area (Å²) in [6.07, 6.45) is 19.4. The standard InChI is InChI=1S/C46H52Si/c1-31(2)33-13-9-15-35(25-33)43-23-11-17-37-27-41(29-45(37)43)47(39-19-5-6-20-39,40-21-7-8-22-40)42-28-38-18-12-24-44(46(38)30-42)36-16-10-14-34(26-36)32(3)4/h9-18,23-26,29-32,39-40H,5-8,19-22,27-28H2,1-4H3. The van der Waals surface area contributed by atoms with Gasteiger partial charge in [-0.1, -0.05) is 187 Å². The normalized spacial score (nSPS) is 18.3. The summed E-state index contributed by atoms with van der Waals surface area (Å²) in [4.78, 5) is 0. The predicted molar refractivity (Wildman–Crippen MR) is 205 cm³/mol. The maximum atomic E-state index is 2.78. The van der Waals surface area contributed by atoms with Gasteiger partial charge in [-0.15, -0.1) is 0 Å². The van der Waals surface area contributed by atoms with Gasteiger partial charge >= 0.3 is 0 Å². The van der Waals surface area contributed by atoms with Crippen LogP contribution >= 0.6 is 0 Å². The van der Waals surface area contributed by atoms with E-state index in [9.17, 15) is 0 Å². The first-order valence-electron chi connectivity index (χ1n) is 18.8. The molecule has 4 aromatic rings. The molecule has 240 valence electrons. The minimum absolute atomic E-state index is 0.538. The van der Waals surface area contributed by atoms with Crippen LogP contribution in [-0.2, 0) is 12.8 Å². The lowest BCUT2D eigenvalue weighted by Crippen LogP contribution is -2.48. The monoisotopic (exact) mass is 632 g/mol. The van der Waals surface area contributed by atoms with Crippen LogP contribution in [0.4, 0.5) is 0 Å². The van der Waals surface area contributed by atoms with Crippen molar-refractivity contribution in [2.24, 2.45) is 0 Å². The van der Waals surface area contributed by atoms with Crippen LogP contribution in [0.5, 0.6) is 0 Å². The largest absolute Gasteiger partial charge is 0.115 e. The Labute approximate surface area is 285 Å². The molecule has 0 heterocycles. The molecule has 0 unspecified atom stereocenters. The van der Waals surface area contributed by atoms with Gasteiger partial charge in [0, 0.05) is 0 Å². The molecule has 0 bridgehead atoms. The Hall–Kier alpha value is -3.42. The molecular formula is C46H52Si. The molecule has 0 aliphatic heterocycles. The summed E-state index contributed by atoms with van der Waals surface area (Å²) in [7, 11) is -2.04. The summed E-state index contributed by atoms with van der Waals surface area (Å²) in [5, 5.41) is 3.75. The van der Waals surface area contributed by atoms with Crippen molar-refractivity contribution in [1.82, 2.24) is 0 Å². The Morgan fingerprint density at radius 2 is 0.915 bits per heavy atom. The second-order valence-corrected chi connectivity index (χ2v) is 20.5. The number of fused-ring (bicyclic) bond motifs is 2. The molecule has 0 aromatic heterocycles. The molecule has 0 saturated heterocycles. The van der Waals surface area contributed by atoms with Crippen LogP contribution in [0.1, 0.15) is 124 Å². The lowest BCUT2D eigenvalue weighted by Gasteiger charge is -2.45. The van der Waals surface area contributed by atoms with Gasteiger partial charge in [-0.05, 0) is 91.4 Å². The Morgan fingerprint density at radius 3 is 1.32 bits per heavy atom. The first-order chi connectivity index (χ1) is 22.9. The molecule has 2 fully saturated rings. The van der Waals surface area contributed by atoms with Crippen molar-refractivity contribution >= 4 is 20.2 Å². The van der Waals surface area contributed by atoms with E-state index in [1.165, 1.54) is 109 Å². The van der Waals surface area contributed by atoms with Gasteiger partial charge < -0.3 is 0 Å². The fourth-order valence-electron chi connectivity index (χ4n) is 10.3. The fourth-order valence-corrected chi connectivity index (χ4v) is 17.8. The van der Waals surface area contributed by atoms with Crippen molar-refractivity contribution in [3.63, 3.8) is 0 Å². The van der Waals surface area contributed by atoms with Gasteiger partial charge in [0.2, 0.25) is 0 Å². The molecule has 2 saturated carbocycles. The smallest absolute Gasteiger partial charge is 0.0704 e. The number of allylic oxidation sites excluding steroid dienone is 2. The van der Waals surface area contributed by atoms with Gasteiger partial charge in [0.1, 0.15) is 8.07 Å². The van der Waals surface area contributed by atoms with Crippen molar-refractivity contribution in [2.45, 2.75) is 115 Å². The van der Waals surface area contributed by atoms with Crippen LogP contribution in [0.15, 0.2) is 95.3 Å². The van der Waals surface area contributed by atoms with Crippen molar-refractivity contribution < 1.29 is 0 Å². The Balaban J connectivity index is 1.29. The van der Waals surface area contributed by atoms with Crippen molar-refractivity contribution in [3.05, 3.63) is 129 Å². The van der Waals surface area contributed by atoms with Crippen molar-refractivity contribution in [2.75, 3.05) is 0 Å². The van der Waals surface area contributed by atoms with Crippen LogP contribution in [-0.4, -0.2) is 8.07 Å². The van der Waals surface area contributed by atoms with Crippen LogP contribution in [0.2, 0.25) is 11.1 Å². The van der Waals surface area contributed by atoms with E-state index in [0.717, 1.165) is 11.1 Å². The number of hydrogen-bond acceptors (Lipinski definition) is 0. The van der Waals surface area contributed by atoms with Crippen LogP contribution in [0, 0.1) is 0 Å². The summed E-state index contributed by atoms with van der Waals surface area (Å²) < 4.78 is 0. The van der Waals surface area contributed by atoms with E-state index < -0.39 is 8.07 Å². The summed E-state index contributed by atoms with van der Waals surface area (Å²) >= 11 is 0. The van der Waals surface area contributed by atoms with Gasteiger partial charge in [0.05, 0.1) is 0 Å². The highest BCUT2D eigenvalue weighted by Crippen LogP contribution is 2.60. The van der Waals surface area contributed by atoms with E-state index in [-0.39, 0.29) is 0 Å². The quantitative estimate of drug-likeness (QED) is 0.170. The van der Waals surface area contributed by atoms with E-state index >= 15 is 0 Å².